The Bertz CT molecular complexity index is 443. The van der Waals surface area contributed by atoms with E-state index in [2.05, 4.69) is 34.6 Å². The summed E-state index contributed by atoms with van der Waals surface area (Å²) in [6.45, 7) is 7.83. The van der Waals surface area contributed by atoms with Gasteiger partial charge in [-0.3, -0.25) is 4.90 Å². The maximum Gasteiger partial charge on any atom is 0.119 e. The third kappa shape index (κ3) is 2.42. The van der Waals surface area contributed by atoms with Gasteiger partial charge in [0, 0.05) is 44.5 Å². The molecule has 0 spiro atoms. The lowest BCUT2D eigenvalue weighted by atomic mass is 9.87. The lowest BCUT2D eigenvalue weighted by Gasteiger charge is -2.42. The predicted molar refractivity (Wildman–Crippen MR) is 77.8 cm³/mol. The Morgan fingerprint density at radius 1 is 1.26 bits per heavy atom. The zero-order chi connectivity index (χ0) is 13.2. The summed E-state index contributed by atoms with van der Waals surface area (Å²) in [7, 11) is 1.74. The van der Waals surface area contributed by atoms with Crippen LogP contribution in [0.4, 0.5) is 5.69 Å². The van der Waals surface area contributed by atoms with E-state index in [-0.39, 0.29) is 0 Å². The molecule has 104 valence electrons. The predicted octanol–water partition coefficient (Wildman–Crippen LogP) is 1.70. The fourth-order valence-electron chi connectivity index (χ4n) is 3.28. The maximum atomic E-state index is 5.39. The number of nitrogens with one attached hydrogen (secondary N) is 2. The second kappa shape index (κ2) is 5.39. The van der Waals surface area contributed by atoms with Gasteiger partial charge >= 0.3 is 0 Å². The topological polar surface area (TPSA) is 36.5 Å². The number of rotatable bonds is 2. The van der Waals surface area contributed by atoms with Gasteiger partial charge in [0.05, 0.1) is 7.11 Å². The van der Waals surface area contributed by atoms with Crippen molar-refractivity contribution in [3.8, 4) is 5.75 Å². The van der Waals surface area contributed by atoms with Crippen molar-refractivity contribution in [1.82, 2.24) is 10.2 Å². The van der Waals surface area contributed by atoms with Crippen LogP contribution in [-0.2, 0) is 0 Å². The van der Waals surface area contributed by atoms with E-state index in [0.717, 1.165) is 38.5 Å². The number of nitrogens with zero attached hydrogens (tertiary/aromatic N) is 1. The molecule has 0 saturated carbocycles. The summed E-state index contributed by atoms with van der Waals surface area (Å²) in [5.41, 5.74) is 2.66. The van der Waals surface area contributed by atoms with E-state index in [1.54, 1.807) is 7.11 Å². The molecule has 0 amide bonds. The molecule has 2 atom stereocenters. The molecule has 0 bridgehead atoms. The highest BCUT2D eigenvalue weighted by molar-refractivity contribution is 5.57. The minimum Gasteiger partial charge on any atom is -0.497 e. The molecule has 2 unspecified atom stereocenters. The van der Waals surface area contributed by atoms with Gasteiger partial charge in [0.15, 0.2) is 0 Å². The van der Waals surface area contributed by atoms with E-state index < -0.39 is 0 Å². The molecule has 4 heteroatoms. The third-order valence-electron chi connectivity index (χ3n) is 4.28. The van der Waals surface area contributed by atoms with Crippen molar-refractivity contribution in [2.45, 2.75) is 13.0 Å². The van der Waals surface area contributed by atoms with E-state index >= 15 is 0 Å². The summed E-state index contributed by atoms with van der Waals surface area (Å²) in [6.07, 6.45) is 0. The van der Waals surface area contributed by atoms with Crippen molar-refractivity contribution < 1.29 is 4.74 Å². The number of ether oxygens (including phenoxy) is 1. The average Bonchev–Trinajstić information content (AvgIpc) is 2.47. The minimum absolute atomic E-state index is 0.508. The maximum absolute atomic E-state index is 5.39. The zero-order valence-corrected chi connectivity index (χ0v) is 11.8. The molecule has 2 heterocycles. The van der Waals surface area contributed by atoms with E-state index in [1.165, 1.54) is 11.3 Å². The van der Waals surface area contributed by atoms with Crippen LogP contribution in [0.1, 0.15) is 18.5 Å². The molecule has 1 aromatic rings. The monoisotopic (exact) mass is 261 g/mol. The normalized spacial score (nSPS) is 27.5. The molecule has 2 N–H and O–H groups in total. The Morgan fingerprint density at radius 3 is 2.79 bits per heavy atom. The minimum atomic E-state index is 0.508. The van der Waals surface area contributed by atoms with Gasteiger partial charge in [-0.25, -0.2) is 0 Å². The van der Waals surface area contributed by atoms with E-state index in [1.807, 2.05) is 6.07 Å². The molecular weight excluding hydrogens is 238 g/mol. The molecule has 2 aliphatic heterocycles. The smallest absolute Gasteiger partial charge is 0.119 e. The summed E-state index contributed by atoms with van der Waals surface area (Å²) in [6, 6.07) is 6.89. The first-order chi connectivity index (χ1) is 9.29. The van der Waals surface area contributed by atoms with Crippen LogP contribution in [0.5, 0.6) is 5.75 Å². The van der Waals surface area contributed by atoms with Crippen LogP contribution < -0.4 is 15.4 Å². The summed E-state index contributed by atoms with van der Waals surface area (Å²) in [5, 5.41) is 6.97. The van der Waals surface area contributed by atoms with Crippen molar-refractivity contribution >= 4 is 5.69 Å². The summed E-state index contributed by atoms with van der Waals surface area (Å²) < 4.78 is 5.39. The Balaban J connectivity index is 1.94. The molecule has 4 nitrogen and oxygen atoms in total. The number of methoxy groups -OCH3 is 1. The Kier molecular flexibility index (Phi) is 3.62. The van der Waals surface area contributed by atoms with E-state index in [9.17, 15) is 0 Å². The highest BCUT2D eigenvalue weighted by Crippen LogP contribution is 2.39. The van der Waals surface area contributed by atoms with Crippen LogP contribution in [0.15, 0.2) is 18.2 Å². The molecule has 1 fully saturated rings. The van der Waals surface area contributed by atoms with Crippen molar-refractivity contribution in [1.29, 1.82) is 0 Å². The van der Waals surface area contributed by atoms with E-state index in [0.29, 0.717) is 12.0 Å². The highest BCUT2D eigenvalue weighted by atomic mass is 16.5. The number of piperazine rings is 1. The summed E-state index contributed by atoms with van der Waals surface area (Å²) >= 11 is 0. The number of benzene rings is 1. The van der Waals surface area contributed by atoms with Crippen molar-refractivity contribution in [2.75, 3.05) is 45.2 Å². The van der Waals surface area contributed by atoms with Gasteiger partial charge < -0.3 is 15.4 Å². The second-order valence-corrected chi connectivity index (χ2v) is 5.54. The molecule has 19 heavy (non-hydrogen) atoms. The Morgan fingerprint density at radius 2 is 2.05 bits per heavy atom. The first kappa shape index (κ1) is 12.8. The summed E-state index contributed by atoms with van der Waals surface area (Å²) in [5.74, 6) is 1.58. The SMILES string of the molecule is COc1ccc2c(c1)C(N1CCNCC1)C(C)CN2. The van der Waals surface area contributed by atoms with Crippen LogP contribution in [0.25, 0.3) is 0 Å². The molecule has 0 radical (unpaired) electrons. The van der Waals surface area contributed by atoms with Crippen LogP contribution in [0.3, 0.4) is 0 Å². The third-order valence-corrected chi connectivity index (χ3v) is 4.28. The van der Waals surface area contributed by atoms with Crippen molar-refractivity contribution in [3.63, 3.8) is 0 Å². The molecule has 1 aromatic carbocycles. The molecule has 0 aliphatic carbocycles. The second-order valence-electron chi connectivity index (χ2n) is 5.54. The van der Waals surface area contributed by atoms with Gasteiger partial charge in [-0.2, -0.15) is 0 Å². The van der Waals surface area contributed by atoms with Crippen LogP contribution in [-0.4, -0.2) is 44.7 Å². The molecule has 3 rings (SSSR count). The van der Waals surface area contributed by atoms with Gasteiger partial charge in [0.25, 0.3) is 0 Å². The average molecular weight is 261 g/mol. The standard InChI is InChI=1S/C15H23N3O/c1-11-10-17-14-4-3-12(19-2)9-13(14)15(11)18-7-5-16-6-8-18/h3-4,9,11,15-17H,5-8,10H2,1-2H3. The Labute approximate surface area is 115 Å². The van der Waals surface area contributed by atoms with Crippen LogP contribution >= 0.6 is 0 Å². The first-order valence-corrected chi connectivity index (χ1v) is 7.16. The van der Waals surface area contributed by atoms with Crippen molar-refractivity contribution in [3.05, 3.63) is 23.8 Å². The number of hydrogen-bond acceptors (Lipinski definition) is 4. The number of hydrogen-bond donors (Lipinski definition) is 2. The highest BCUT2D eigenvalue weighted by Gasteiger charge is 2.32. The number of anilines is 1. The number of fused-ring (bicyclic) bond motifs is 1. The Hall–Kier alpha value is -1.26. The van der Waals surface area contributed by atoms with Gasteiger partial charge in [-0.05, 0) is 29.7 Å². The van der Waals surface area contributed by atoms with E-state index in [4.69, 9.17) is 4.74 Å². The first-order valence-electron chi connectivity index (χ1n) is 7.16. The quantitative estimate of drug-likeness (QED) is 0.849. The van der Waals surface area contributed by atoms with Crippen LogP contribution in [0.2, 0.25) is 0 Å². The van der Waals surface area contributed by atoms with Gasteiger partial charge in [-0.15, -0.1) is 0 Å². The lowest BCUT2D eigenvalue weighted by molar-refractivity contribution is 0.131. The van der Waals surface area contributed by atoms with Gasteiger partial charge in [-0.1, -0.05) is 6.92 Å². The fourth-order valence-corrected chi connectivity index (χ4v) is 3.28. The van der Waals surface area contributed by atoms with Gasteiger partial charge in [0.2, 0.25) is 0 Å². The zero-order valence-electron chi connectivity index (χ0n) is 11.8. The molecule has 1 saturated heterocycles. The largest absolute Gasteiger partial charge is 0.497 e. The van der Waals surface area contributed by atoms with Gasteiger partial charge in [0.1, 0.15) is 5.75 Å². The molecule has 0 aromatic heterocycles. The molecule has 2 aliphatic rings. The summed E-state index contributed by atoms with van der Waals surface area (Å²) in [4.78, 5) is 2.61. The molecular formula is C15H23N3O. The van der Waals surface area contributed by atoms with Crippen LogP contribution in [0, 0.1) is 5.92 Å². The van der Waals surface area contributed by atoms with Crippen molar-refractivity contribution in [2.24, 2.45) is 5.92 Å². The lowest BCUT2D eigenvalue weighted by Crippen LogP contribution is -2.48. The fraction of sp³-hybridized carbons (Fsp3) is 0.600.